The number of carbonyl (C=O) groups is 1. The van der Waals surface area contributed by atoms with Crippen LogP contribution in [-0.2, 0) is 17.6 Å². The molecule has 156 valence electrons. The first kappa shape index (κ1) is 20.2. The molecule has 0 saturated carbocycles. The number of benzene rings is 2. The second kappa shape index (κ2) is 8.74. The first-order valence-electron chi connectivity index (χ1n) is 10.6. The van der Waals surface area contributed by atoms with E-state index in [-0.39, 0.29) is 11.8 Å². The number of carboxylic acid groups (broad SMARTS) is 1. The van der Waals surface area contributed by atoms with Crippen molar-refractivity contribution in [2.75, 3.05) is 6.61 Å². The number of hydrogen-bond donors (Lipinski definition) is 1. The van der Waals surface area contributed by atoms with E-state index in [2.05, 4.69) is 11.1 Å². The largest absolute Gasteiger partial charge is 0.493 e. The number of fused-ring (bicyclic) bond motifs is 1. The third kappa shape index (κ3) is 4.11. The summed E-state index contributed by atoms with van der Waals surface area (Å²) in [6.07, 6.45) is 3.12. The summed E-state index contributed by atoms with van der Waals surface area (Å²) in [4.78, 5) is 16.2. The average molecular weight is 405 g/mol. The molecule has 1 aliphatic carbocycles. The highest BCUT2D eigenvalue weighted by Crippen LogP contribution is 2.41. The fourth-order valence-electron chi connectivity index (χ4n) is 4.40. The van der Waals surface area contributed by atoms with Crippen molar-refractivity contribution in [2.24, 2.45) is 5.92 Å². The SMILES string of the molecule is CCC(C(=O)O)[C@@H]1CCc2cc(OCCc3nc(-c4ccccc4)oc3C)ccc21. The van der Waals surface area contributed by atoms with Gasteiger partial charge in [0.2, 0.25) is 5.89 Å². The molecule has 0 spiro atoms. The Hall–Kier alpha value is -3.08. The zero-order chi connectivity index (χ0) is 21.1. The minimum Gasteiger partial charge on any atom is -0.493 e. The Kier molecular flexibility index (Phi) is 5.88. The van der Waals surface area contributed by atoms with E-state index in [1.165, 1.54) is 5.56 Å². The molecule has 3 aromatic rings. The van der Waals surface area contributed by atoms with E-state index >= 15 is 0 Å². The third-order valence-electron chi connectivity index (χ3n) is 6.00. The predicted octanol–water partition coefficient (Wildman–Crippen LogP) is 5.41. The Balaban J connectivity index is 1.39. The van der Waals surface area contributed by atoms with E-state index in [0.717, 1.165) is 41.2 Å². The van der Waals surface area contributed by atoms with Gasteiger partial charge in [-0.25, -0.2) is 4.98 Å². The van der Waals surface area contributed by atoms with Crippen molar-refractivity contribution in [3.8, 4) is 17.2 Å². The summed E-state index contributed by atoms with van der Waals surface area (Å²) in [5, 5.41) is 9.50. The molecule has 0 radical (unpaired) electrons. The normalized spacial score (nSPS) is 16.3. The molecule has 0 fully saturated rings. The number of nitrogens with zero attached hydrogens (tertiary/aromatic N) is 1. The highest BCUT2D eigenvalue weighted by atomic mass is 16.5. The molecule has 5 heteroatoms. The van der Waals surface area contributed by atoms with Gasteiger partial charge >= 0.3 is 5.97 Å². The number of carboxylic acids is 1. The molecule has 30 heavy (non-hydrogen) atoms. The lowest BCUT2D eigenvalue weighted by molar-refractivity contribution is -0.142. The van der Waals surface area contributed by atoms with Gasteiger partial charge < -0.3 is 14.3 Å². The van der Waals surface area contributed by atoms with Crippen LogP contribution in [0.3, 0.4) is 0 Å². The Morgan fingerprint density at radius 3 is 2.80 bits per heavy atom. The van der Waals surface area contributed by atoms with Gasteiger partial charge in [-0.3, -0.25) is 4.79 Å². The van der Waals surface area contributed by atoms with Crippen LogP contribution in [-0.4, -0.2) is 22.7 Å². The maximum absolute atomic E-state index is 11.6. The molecule has 2 aromatic carbocycles. The van der Waals surface area contributed by atoms with Crippen LogP contribution in [0.15, 0.2) is 52.9 Å². The van der Waals surface area contributed by atoms with Gasteiger partial charge in [-0.2, -0.15) is 0 Å². The first-order valence-corrected chi connectivity index (χ1v) is 10.6. The molecule has 0 bridgehead atoms. The van der Waals surface area contributed by atoms with Gasteiger partial charge in [0.05, 0.1) is 18.2 Å². The Bertz CT molecular complexity index is 1020. The van der Waals surface area contributed by atoms with Crippen molar-refractivity contribution >= 4 is 5.97 Å². The van der Waals surface area contributed by atoms with Crippen molar-refractivity contribution in [2.45, 2.75) is 45.4 Å². The fourth-order valence-corrected chi connectivity index (χ4v) is 4.40. The lowest BCUT2D eigenvalue weighted by atomic mass is 9.85. The molecule has 1 aliphatic rings. The zero-order valence-corrected chi connectivity index (χ0v) is 17.4. The number of aryl methyl sites for hydroxylation is 2. The number of hydrogen-bond acceptors (Lipinski definition) is 4. The van der Waals surface area contributed by atoms with E-state index < -0.39 is 5.97 Å². The van der Waals surface area contributed by atoms with Crippen LogP contribution in [0.25, 0.3) is 11.5 Å². The van der Waals surface area contributed by atoms with Crippen LogP contribution in [0.1, 0.15) is 48.3 Å². The van der Waals surface area contributed by atoms with Crippen LogP contribution < -0.4 is 4.74 Å². The second-order valence-corrected chi connectivity index (χ2v) is 7.85. The number of aromatic nitrogens is 1. The van der Waals surface area contributed by atoms with Crippen LogP contribution in [0, 0.1) is 12.8 Å². The number of rotatable bonds is 8. The lowest BCUT2D eigenvalue weighted by Gasteiger charge is -2.19. The summed E-state index contributed by atoms with van der Waals surface area (Å²) in [7, 11) is 0. The zero-order valence-electron chi connectivity index (χ0n) is 17.4. The molecule has 1 N–H and O–H groups in total. The van der Waals surface area contributed by atoms with E-state index in [4.69, 9.17) is 9.15 Å². The molecule has 0 saturated heterocycles. The Morgan fingerprint density at radius 2 is 2.07 bits per heavy atom. The average Bonchev–Trinajstić information content (AvgIpc) is 3.33. The summed E-state index contributed by atoms with van der Waals surface area (Å²) < 4.78 is 11.8. The molecule has 4 rings (SSSR count). The highest BCUT2D eigenvalue weighted by Gasteiger charge is 2.33. The predicted molar refractivity (Wildman–Crippen MR) is 115 cm³/mol. The summed E-state index contributed by atoms with van der Waals surface area (Å²) in [5.74, 6) is 1.36. The van der Waals surface area contributed by atoms with Gasteiger partial charge in [-0.05, 0) is 67.5 Å². The summed E-state index contributed by atoms with van der Waals surface area (Å²) in [6, 6.07) is 15.9. The standard InChI is InChI=1S/C25H27NO4/c1-3-20(25(27)28)22-11-9-18-15-19(10-12-21(18)22)29-14-13-23-16(2)30-24(26-23)17-7-5-4-6-8-17/h4-8,10,12,15,20,22H,3,9,11,13-14H2,1-2H3,(H,27,28)/t20?,22-/m0/s1. The molecule has 1 heterocycles. The molecule has 0 aliphatic heterocycles. The number of ether oxygens (including phenoxy) is 1. The van der Waals surface area contributed by atoms with E-state index in [9.17, 15) is 9.90 Å². The molecule has 0 amide bonds. The Morgan fingerprint density at radius 1 is 1.27 bits per heavy atom. The number of aliphatic carboxylic acids is 1. The maximum atomic E-state index is 11.6. The third-order valence-corrected chi connectivity index (χ3v) is 6.00. The molecule has 1 unspecified atom stereocenters. The second-order valence-electron chi connectivity index (χ2n) is 7.85. The molecule has 1 aromatic heterocycles. The van der Waals surface area contributed by atoms with Crippen molar-refractivity contribution < 1.29 is 19.1 Å². The van der Waals surface area contributed by atoms with E-state index in [0.29, 0.717) is 25.3 Å². The Labute approximate surface area is 176 Å². The van der Waals surface area contributed by atoms with Crippen LogP contribution in [0.2, 0.25) is 0 Å². The van der Waals surface area contributed by atoms with Gasteiger partial charge in [-0.15, -0.1) is 0 Å². The summed E-state index contributed by atoms with van der Waals surface area (Å²) in [6.45, 7) is 4.39. The van der Waals surface area contributed by atoms with Crippen molar-refractivity contribution in [1.82, 2.24) is 4.98 Å². The molecule has 5 nitrogen and oxygen atoms in total. The first-order chi connectivity index (χ1) is 14.6. The van der Waals surface area contributed by atoms with Gasteiger partial charge in [0.1, 0.15) is 11.5 Å². The smallest absolute Gasteiger partial charge is 0.307 e. The summed E-state index contributed by atoms with van der Waals surface area (Å²) >= 11 is 0. The fraction of sp³-hybridized carbons (Fsp3) is 0.360. The molecular formula is C25H27NO4. The van der Waals surface area contributed by atoms with E-state index in [1.807, 2.05) is 56.3 Å². The molecule has 2 atom stereocenters. The topological polar surface area (TPSA) is 72.6 Å². The molecular weight excluding hydrogens is 378 g/mol. The minimum atomic E-state index is -0.700. The monoisotopic (exact) mass is 405 g/mol. The van der Waals surface area contributed by atoms with Crippen LogP contribution in [0.4, 0.5) is 0 Å². The van der Waals surface area contributed by atoms with Crippen LogP contribution >= 0.6 is 0 Å². The van der Waals surface area contributed by atoms with Crippen molar-refractivity contribution in [3.05, 3.63) is 71.1 Å². The number of oxazole rings is 1. The van der Waals surface area contributed by atoms with Crippen molar-refractivity contribution in [1.29, 1.82) is 0 Å². The minimum absolute atomic E-state index is 0.103. The highest BCUT2D eigenvalue weighted by molar-refractivity contribution is 5.72. The maximum Gasteiger partial charge on any atom is 0.307 e. The van der Waals surface area contributed by atoms with Gasteiger partial charge in [0.15, 0.2) is 0 Å². The van der Waals surface area contributed by atoms with Gasteiger partial charge in [0.25, 0.3) is 0 Å². The summed E-state index contributed by atoms with van der Waals surface area (Å²) in [5.41, 5.74) is 4.24. The quantitative estimate of drug-likeness (QED) is 0.542. The lowest BCUT2D eigenvalue weighted by Crippen LogP contribution is -2.19. The van der Waals surface area contributed by atoms with E-state index in [1.54, 1.807) is 0 Å². The van der Waals surface area contributed by atoms with Gasteiger partial charge in [-0.1, -0.05) is 31.2 Å². The van der Waals surface area contributed by atoms with Gasteiger partial charge in [0, 0.05) is 12.0 Å². The van der Waals surface area contributed by atoms with Crippen molar-refractivity contribution in [3.63, 3.8) is 0 Å². The van der Waals surface area contributed by atoms with Crippen LogP contribution in [0.5, 0.6) is 5.75 Å².